The Balaban J connectivity index is 2.29. The highest BCUT2D eigenvalue weighted by Gasteiger charge is 2.57. The highest BCUT2D eigenvalue weighted by Crippen LogP contribution is 2.49. The normalized spacial score (nSPS) is 30.2. The number of carboxylic acid groups (broad SMARTS) is 1. The zero-order chi connectivity index (χ0) is 12.0. The lowest BCUT2D eigenvalue weighted by Gasteiger charge is -2.43. The van der Waals surface area contributed by atoms with Gasteiger partial charge in [-0.25, -0.2) is 4.79 Å². The van der Waals surface area contributed by atoms with E-state index < -0.39 is 18.0 Å². The third kappa shape index (κ3) is 1.35. The van der Waals surface area contributed by atoms with E-state index in [1.54, 1.807) is 0 Å². The third-order valence-electron chi connectivity index (χ3n) is 2.76. The molecule has 88 valence electrons. The van der Waals surface area contributed by atoms with Crippen LogP contribution >= 0.6 is 11.8 Å². The fourth-order valence-electron chi connectivity index (χ4n) is 2.00. The van der Waals surface area contributed by atoms with Crippen molar-refractivity contribution in [1.82, 2.24) is 4.90 Å². The fourth-order valence-corrected chi connectivity index (χ4v) is 3.49. The molecule has 0 aromatic carbocycles. The van der Waals surface area contributed by atoms with Crippen LogP contribution in [0.5, 0.6) is 0 Å². The summed E-state index contributed by atoms with van der Waals surface area (Å²) in [6.07, 6.45) is -0.770. The Morgan fingerprint density at radius 2 is 2.31 bits per heavy atom. The molecule has 4 N–H and O–H groups in total. The molecular weight excluding hydrogens is 232 g/mol. The Labute approximate surface area is 96.1 Å². The number of nitrogens with two attached hydrogens (primary N) is 1. The van der Waals surface area contributed by atoms with Crippen LogP contribution in [0, 0.1) is 5.92 Å². The molecule has 1 amide bonds. The van der Waals surface area contributed by atoms with Crippen molar-refractivity contribution in [2.45, 2.75) is 18.4 Å². The van der Waals surface area contributed by atoms with E-state index in [2.05, 4.69) is 0 Å². The number of rotatable bonds is 3. The first-order valence-corrected chi connectivity index (χ1v) is 5.71. The number of fused-ring (bicyclic) bond motifs is 1. The van der Waals surface area contributed by atoms with Crippen LogP contribution in [0.3, 0.4) is 0 Å². The summed E-state index contributed by atoms with van der Waals surface area (Å²) in [6.45, 7) is 1.63. The van der Waals surface area contributed by atoms with Gasteiger partial charge in [0.15, 0.2) is 0 Å². The van der Waals surface area contributed by atoms with Crippen molar-refractivity contribution in [2.75, 3.05) is 6.54 Å². The van der Waals surface area contributed by atoms with E-state index in [1.807, 2.05) is 0 Å². The largest absolute Gasteiger partial charge is 0.477 e. The van der Waals surface area contributed by atoms with Gasteiger partial charge in [0.2, 0.25) is 5.91 Å². The molecule has 0 radical (unpaired) electrons. The number of carboxylic acids is 1. The molecule has 1 fully saturated rings. The second-order valence-electron chi connectivity index (χ2n) is 3.76. The minimum atomic E-state index is -1.15. The van der Waals surface area contributed by atoms with Crippen LogP contribution in [-0.4, -0.2) is 45.0 Å². The van der Waals surface area contributed by atoms with Crippen LogP contribution < -0.4 is 5.73 Å². The first kappa shape index (κ1) is 11.4. The Hall–Kier alpha value is -1.05. The zero-order valence-corrected chi connectivity index (χ0v) is 9.40. The molecule has 2 unspecified atom stereocenters. The van der Waals surface area contributed by atoms with Gasteiger partial charge < -0.3 is 15.9 Å². The Bertz CT molecular complexity index is 393. The predicted molar refractivity (Wildman–Crippen MR) is 57.1 cm³/mol. The van der Waals surface area contributed by atoms with E-state index >= 15 is 0 Å². The molecule has 2 heterocycles. The van der Waals surface area contributed by atoms with Gasteiger partial charge in [-0.3, -0.25) is 9.69 Å². The molecule has 7 heteroatoms. The summed E-state index contributed by atoms with van der Waals surface area (Å²) in [5.74, 6) is -2.01. The molecule has 2 rings (SSSR count). The topological polar surface area (TPSA) is 104 Å². The van der Waals surface area contributed by atoms with E-state index in [-0.39, 0.29) is 23.5 Å². The summed E-state index contributed by atoms with van der Waals surface area (Å²) in [4.78, 5) is 24.4. The van der Waals surface area contributed by atoms with Gasteiger partial charge in [-0.05, 0) is 6.92 Å². The van der Waals surface area contributed by atoms with Gasteiger partial charge in [0.25, 0.3) is 0 Å². The molecular formula is C9H12N2O4S. The van der Waals surface area contributed by atoms with E-state index in [1.165, 1.54) is 23.6 Å². The van der Waals surface area contributed by atoms with Crippen LogP contribution in [0.1, 0.15) is 6.92 Å². The number of aliphatic hydroxyl groups excluding tert-OH is 1. The molecule has 0 aromatic heterocycles. The maximum Gasteiger partial charge on any atom is 0.353 e. The van der Waals surface area contributed by atoms with Crippen LogP contribution in [0.25, 0.3) is 0 Å². The lowest BCUT2D eigenvalue weighted by atomic mass is 9.92. The molecule has 2 aliphatic heterocycles. The van der Waals surface area contributed by atoms with Crippen molar-refractivity contribution in [2.24, 2.45) is 11.7 Å². The molecule has 3 atom stereocenters. The van der Waals surface area contributed by atoms with Crippen LogP contribution in [0.2, 0.25) is 0 Å². The second-order valence-corrected chi connectivity index (χ2v) is 4.98. The molecule has 2 aliphatic rings. The van der Waals surface area contributed by atoms with Crippen molar-refractivity contribution >= 4 is 23.6 Å². The molecule has 6 nitrogen and oxygen atoms in total. The highest BCUT2D eigenvalue weighted by molar-refractivity contribution is 8.04. The van der Waals surface area contributed by atoms with Crippen molar-refractivity contribution < 1.29 is 19.8 Å². The van der Waals surface area contributed by atoms with Crippen molar-refractivity contribution in [3.05, 3.63) is 10.6 Å². The van der Waals surface area contributed by atoms with E-state index in [4.69, 9.17) is 10.8 Å². The first-order chi connectivity index (χ1) is 7.49. The first-order valence-electron chi connectivity index (χ1n) is 4.83. The quantitative estimate of drug-likeness (QED) is 0.559. The third-order valence-corrected chi connectivity index (χ3v) is 4.15. The summed E-state index contributed by atoms with van der Waals surface area (Å²) >= 11 is 1.26. The summed E-state index contributed by atoms with van der Waals surface area (Å²) in [5, 5.41) is 18.1. The molecule has 16 heavy (non-hydrogen) atoms. The number of hydrogen-bond donors (Lipinski definition) is 3. The number of thioether (sulfide) groups is 1. The minimum absolute atomic E-state index is 0.0283. The van der Waals surface area contributed by atoms with Gasteiger partial charge in [-0.2, -0.15) is 0 Å². The minimum Gasteiger partial charge on any atom is -0.477 e. The molecule has 0 aliphatic carbocycles. The number of hydrogen-bond acceptors (Lipinski definition) is 5. The number of carbonyl (C=O) groups excluding carboxylic acids is 1. The van der Waals surface area contributed by atoms with E-state index in [0.717, 1.165) is 0 Å². The van der Waals surface area contributed by atoms with Crippen molar-refractivity contribution in [3.8, 4) is 0 Å². The Morgan fingerprint density at radius 1 is 1.69 bits per heavy atom. The number of aliphatic carboxylic acids is 1. The van der Waals surface area contributed by atoms with Crippen molar-refractivity contribution in [1.29, 1.82) is 0 Å². The summed E-state index contributed by atoms with van der Waals surface area (Å²) < 4.78 is 0. The molecule has 0 spiro atoms. The maximum absolute atomic E-state index is 11.7. The maximum atomic E-state index is 11.7. The average Bonchev–Trinajstić information content (AvgIpc) is 2.51. The van der Waals surface area contributed by atoms with E-state index in [0.29, 0.717) is 4.91 Å². The number of nitrogens with zero attached hydrogens (tertiary/aromatic N) is 1. The summed E-state index contributed by atoms with van der Waals surface area (Å²) in [6, 6.07) is 0. The predicted octanol–water partition coefficient (Wildman–Crippen LogP) is -0.847. The summed E-state index contributed by atoms with van der Waals surface area (Å²) in [5.41, 5.74) is 5.41. The second kappa shape index (κ2) is 3.76. The lowest BCUT2D eigenvalue weighted by Crippen LogP contribution is -2.60. The van der Waals surface area contributed by atoms with Crippen LogP contribution in [-0.2, 0) is 9.59 Å². The summed E-state index contributed by atoms with van der Waals surface area (Å²) in [7, 11) is 0. The Kier molecular flexibility index (Phi) is 2.69. The van der Waals surface area contributed by atoms with Crippen LogP contribution in [0.4, 0.5) is 0 Å². The number of carbonyl (C=O) groups is 2. The number of amides is 1. The van der Waals surface area contributed by atoms with E-state index in [9.17, 15) is 14.7 Å². The fraction of sp³-hybridized carbons (Fsp3) is 0.556. The smallest absolute Gasteiger partial charge is 0.353 e. The molecule has 0 bridgehead atoms. The highest BCUT2D eigenvalue weighted by atomic mass is 32.2. The van der Waals surface area contributed by atoms with Crippen molar-refractivity contribution in [3.63, 3.8) is 0 Å². The Morgan fingerprint density at radius 3 is 2.75 bits per heavy atom. The number of aliphatic hydroxyl groups is 1. The average molecular weight is 244 g/mol. The van der Waals surface area contributed by atoms with Gasteiger partial charge in [-0.15, -0.1) is 11.8 Å². The monoisotopic (exact) mass is 244 g/mol. The van der Waals surface area contributed by atoms with Gasteiger partial charge in [0.05, 0.1) is 12.0 Å². The molecule has 0 saturated carbocycles. The number of β-lactam (4-membered cyclic amide) rings is 1. The van der Waals surface area contributed by atoms with Gasteiger partial charge in [0, 0.05) is 11.4 Å². The lowest BCUT2D eigenvalue weighted by molar-refractivity contribution is -0.156. The zero-order valence-electron chi connectivity index (χ0n) is 8.58. The molecule has 1 saturated heterocycles. The van der Waals surface area contributed by atoms with Gasteiger partial charge in [-0.1, -0.05) is 0 Å². The standard InChI is InChI=1S/C9H12N2O4S/c1-3(12)5-7(13)11-6(9(14)15)4(2-10)16-8(5)11/h3,5,8,12H,2,10H2,1H3,(H,14,15)/t3?,5-,8?/m0/s1. The molecule has 0 aromatic rings. The van der Waals surface area contributed by atoms with Gasteiger partial charge >= 0.3 is 5.97 Å². The SMILES string of the molecule is CC(O)[C@H]1C(=O)N2C(C(=O)O)=C(CN)SC12. The van der Waals surface area contributed by atoms with Crippen LogP contribution in [0.15, 0.2) is 10.6 Å². The van der Waals surface area contributed by atoms with Gasteiger partial charge in [0.1, 0.15) is 11.1 Å².